The Hall–Kier alpha value is -2.41. The Morgan fingerprint density at radius 3 is 2.64 bits per heavy atom. The molecule has 0 aliphatic carbocycles. The molecule has 0 saturated heterocycles. The van der Waals surface area contributed by atoms with Crippen molar-refractivity contribution in [1.82, 2.24) is 5.32 Å². The second-order valence-electron chi connectivity index (χ2n) is 5.88. The van der Waals surface area contributed by atoms with Gasteiger partial charge in [0.1, 0.15) is 18.2 Å². The van der Waals surface area contributed by atoms with E-state index in [-0.39, 0.29) is 35.6 Å². The smallest absolute Gasteiger partial charge is 0.226 e. The Labute approximate surface area is 145 Å². The standard InChI is InChI=1S/C18H18FNO4S/c19-15-5-7-16(8-6-15)25(22,23)10-9-20-18(21)14-11-13-3-1-2-4-17(13)24-12-14/h1-8,14H,9-12H2,(H,20,21)/t14-/m0/s1. The Balaban J connectivity index is 1.54. The van der Waals surface area contributed by atoms with Gasteiger partial charge in [0.2, 0.25) is 5.91 Å². The predicted molar refractivity (Wildman–Crippen MR) is 90.6 cm³/mol. The molecule has 0 spiro atoms. The Bertz CT molecular complexity index is 865. The van der Waals surface area contributed by atoms with Gasteiger partial charge in [0, 0.05) is 6.54 Å². The second-order valence-corrected chi connectivity index (χ2v) is 7.99. The highest BCUT2D eigenvalue weighted by Crippen LogP contribution is 2.26. The van der Waals surface area contributed by atoms with Crippen molar-refractivity contribution in [3.8, 4) is 5.75 Å². The van der Waals surface area contributed by atoms with E-state index in [0.29, 0.717) is 6.42 Å². The van der Waals surface area contributed by atoms with Crippen molar-refractivity contribution in [2.24, 2.45) is 5.92 Å². The molecule has 1 N–H and O–H groups in total. The molecule has 3 rings (SSSR count). The van der Waals surface area contributed by atoms with E-state index >= 15 is 0 Å². The first-order valence-electron chi connectivity index (χ1n) is 7.92. The predicted octanol–water partition coefficient (Wildman–Crippen LogP) is 1.97. The number of rotatable bonds is 5. The Morgan fingerprint density at radius 1 is 1.16 bits per heavy atom. The lowest BCUT2D eigenvalue weighted by Gasteiger charge is -2.24. The van der Waals surface area contributed by atoms with Crippen molar-refractivity contribution < 1.29 is 22.3 Å². The lowest BCUT2D eigenvalue weighted by molar-refractivity contribution is -0.126. The molecule has 7 heteroatoms. The third kappa shape index (κ3) is 4.17. The van der Waals surface area contributed by atoms with E-state index in [9.17, 15) is 17.6 Å². The zero-order valence-electron chi connectivity index (χ0n) is 13.4. The monoisotopic (exact) mass is 363 g/mol. The van der Waals surface area contributed by atoms with Gasteiger partial charge in [-0.2, -0.15) is 0 Å². The second kappa shape index (κ2) is 7.23. The average Bonchev–Trinajstić information content (AvgIpc) is 2.61. The van der Waals surface area contributed by atoms with Crippen molar-refractivity contribution in [3.63, 3.8) is 0 Å². The fourth-order valence-corrected chi connectivity index (χ4v) is 3.87. The normalized spacial score (nSPS) is 16.6. The van der Waals surface area contributed by atoms with Crippen LogP contribution in [0.4, 0.5) is 4.39 Å². The lowest BCUT2D eigenvalue weighted by atomic mass is 9.96. The highest BCUT2D eigenvalue weighted by molar-refractivity contribution is 7.91. The summed E-state index contributed by atoms with van der Waals surface area (Å²) in [6, 6.07) is 12.2. The third-order valence-electron chi connectivity index (χ3n) is 4.09. The number of hydrogen-bond donors (Lipinski definition) is 1. The minimum Gasteiger partial charge on any atom is -0.492 e. The van der Waals surface area contributed by atoms with Crippen molar-refractivity contribution in [2.75, 3.05) is 18.9 Å². The van der Waals surface area contributed by atoms with Crippen LogP contribution in [-0.2, 0) is 21.1 Å². The van der Waals surface area contributed by atoms with Crippen LogP contribution in [0.15, 0.2) is 53.4 Å². The fraction of sp³-hybridized carbons (Fsp3) is 0.278. The molecule has 2 aromatic carbocycles. The number of benzene rings is 2. The van der Waals surface area contributed by atoms with Crippen LogP contribution in [0.25, 0.3) is 0 Å². The quantitative estimate of drug-likeness (QED) is 0.825. The van der Waals surface area contributed by atoms with E-state index < -0.39 is 15.7 Å². The number of carbonyl (C=O) groups excluding carboxylic acids is 1. The molecule has 1 aliphatic rings. The first-order chi connectivity index (χ1) is 12.0. The molecule has 0 fully saturated rings. The summed E-state index contributed by atoms with van der Waals surface area (Å²) in [5.74, 6) is -0.531. The van der Waals surface area contributed by atoms with E-state index in [1.807, 2.05) is 24.3 Å². The fourth-order valence-electron chi connectivity index (χ4n) is 2.71. The summed E-state index contributed by atoms with van der Waals surface area (Å²) < 4.78 is 42.8. The van der Waals surface area contributed by atoms with Gasteiger partial charge < -0.3 is 10.1 Å². The number of halogens is 1. The van der Waals surface area contributed by atoms with Gasteiger partial charge >= 0.3 is 0 Å². The first-order valence-corrected chi connectivity index (χ1v) is 9.58. The van der Waals surface area contributed by atoms with Crippen molar-refractivity contribution in [2.45, 2.75) is 11.3 Å². The number of nitrogens with one attached hydrogen (secondary N) is 1. The van der Waals surface area contributed by atoms with E-state index in [2.05, 4.69) is 5.32 Å². The summed E-state index contributed by atoms with van der Waals surface area (Å²) in [5.41, 5.74) is 0.966. The maximum absolute atomic E-state index is 12.9. The number of hydrogen-bond acceptors (Lipinski definition) is 4. The maximum Gasteiger partial charge on any atom is 0.226 e. The van der Waals surface area contributed by atoms with Gasteiger partial charge in [-0.05, 0) is 42.3 Å². The lowest BCUT2D eigenvalue weighted by Crippen LogP contribution is -2.39. The number of para-hydroxylation sites is 1. The maximum atomic E-state index is 12.9. The molecular formula is C18H18FNO4S. The van der Waals surface area contributed by atoms with Gasteiger partial charge in [0.05, 0.1) is 16.6 Å². The zero-order valence-corrected chi connectivity index (χ0v) is 14.3. The SMILES string of the molecule is O=C(NCCS(=O)(=O)c1ccc(F)cc1)[C@@H]1COc2ccccc2C1. The summed E-state index contributed by atoms with van der Waals surface area (Å²) >= 11 is 0. The summed E-state index contributed by atoms with van der Waals surface area (Å²) in [5, 5.41) is 2.65. The summed E-state index contributed by atoms with van der Waals surface area (Å²) in [7, 11) is -3.56. The molecule has 0 aromatic heterocycles. The third-order valence-corrected chi connectivity index (χ3v) is 5.82. The van der Waals surface area contributed by atoms with Crippen LogP contribution in [0, 0.1) is 11.7 Å². The minimum absolute atomic E-state index is 0.00328. The Morgan fingerprint density at radius 2 is 1.88 bits per heavy atom. The van der Waals surface area contributed by atoms with E-state index in [1.165, 1.54) is 12.1 Å². The minimum atomic E-state index is -3.56. The summed E-state index contributed by atoms with van der Waals surface area (Å²) in [6.07, 6.45) is 0.562. The molecule has 25 heavy (non-hydrogen) atoms. The highest BCUT2D eigenvalue weighted by Gasteiger charge is 2.26. The van der Waals surface area contributed by atoms with Crippen molar-refractivity contribution >= 4 is 15.7 Å². The van der Waals surface area contributed by atoms with Crippen LogP contribution >= 0.6 is 0 Å². The zero-order chi connectivity index (χ0) is 17.9. The molecule has 132 valence electrons. The van der Waals surface area contributed by atoms with Crippen LogP contribution in [-0.4, -0.2) is 33.2 Å². The van der Waals surface area contributed by atoms with Gasteiger partial charge in [0.15, 0.2) is 9.84 Å². The van der Waals surface area contributed by atoms with Gasteiger partial charge in [-0.25, -0.2) is 12.8 Å². The average molecular weight is 363 g/mol. The number of amides is 1. The molecule has 0 unspecified atom stereocenters. The summed E-state index contributed by atoms with van der Waals surface area (Å²) in [6.45, 7) is 0.268. The molecule has 0 saturated carbocycles. The molecule has 1 aliphatic heterocycles. The van der Waals surface area contributed by atoms with Gasteiger partial charge in [0.25, 0.3) is 0 Å². The van der Waals surface area contributed by atoms with Crippen molar-refractivity contribution in [1.29, 1.82) is 0 Å². The van der Waals surface area contributed by atoms with Crippen LogP contribution in [0.5, 0.6) is 5.75 Å². The van der Waals surface area contributed by atoms with Gasteiger partial charge in [-0.15, -0.1) is 0 Å². The molecule has 1 heterocycles. The molecule has 1 atom stereocenters. The van der Waals surface area contributed by atoms with Crippen LogP contribution < -0.4 is 10.1 Å². The van der Waals surface area contributed by atoms with Crippen molar-refractivity contribution in [3.05, 3.63) is 59.9 Å². The number of fused-ring (bicyclic) bond motifs is 1. The van der Waals surface area contributed by atoms with Crippen LogP contribution in [0.3, 0.4) is 0 Å². The topological polar surface area (TPSA) is 72.5 Å². The summed E-state index contributed by atoms with van der Waals surface area (Å²) in [4.78, 5) is 12.3. The number of ether oxygens (including phenoxy) is 1. The number of carbonyl (C=O) groups is 1. The molecule has 0 bridgehead atoms. The molecule has 5 nitrogen and oxygen atoms in total. The number of sulfone groups is 1. The largest absolute Gasteiger partial charge is 0.492 e. The van der Waals surface area contributed by atoms with Gasteiger partial charge in [-0.1, -0.05) is 18.2 Å². The molecule has 0 radical (unpaired) electrons. The van der Waals surface area contributed by atoms with E-state index in [0.717, 1.165) is 23.4 Å². The van der Waals surface area contributed by atoms with Crippen LogP contribution in [0.2, 0.25) is 0 Å². The molecule has 2 aromatic rings. The molecular weight excluding hydrogens is 345 g/mol. The van der Waals surface area contributed by atoms with Crippen LogP contribution in [0.1, 0.15) is 5.56 Å². The molecule has 1 amide bonds. The van der Waals surface area contributed by atoms with E-state index in [4.69, 9.17) is 4.74 Å². The highest BCUT2D eigenvalue weighted by atomic mass is 32.2. The van der Waals surface area contributed by atoms with Gasteiger partial charge in [-0.3, -0.25) is 4.79 Å². The first kappa shape index (κ1) is 17.4. The Kier molecular flexibility index (Phi) is 5.03. The van der Waals surface area contributed by atoms with E-state index in [1.54, 1.807) is 0 Å².